The highest BCUT2D eigenvalue weighted by Gasteiger charge is 2.28. The number of nitrogens with zero attached hydrogens (tertiary/aromatic N) is 3. The molecule has 1 aromatic carbocycles. The summed E-state index contributed by atoms with van der Waals surface area (Å²) >= 11 is 1.42. The van der Waals surface area contributed by atoms with Crippen molar-refractivity contribution in [2.45, 2.75) is 17.6 Å². The Bertz CT molecular complexity index is 1020. The van der Waals surface area contributed by atoms with Crippen molar-refractivity contribution < 1.29 is 13.9 Å². The normalized spacial score (nSPS) is 15.0. The van der Waals surface area contributed by atoms with Crippen LogP contribution in [0.3, 0.4) is 0 Å². The number of carbonyl (C=O) groups is 1. The number of nitrogens with one attached hydrogen (secondary N) is 1. The average molecular weight is 396 g/mol. The highest BCUT2D eigenvalue weighted by atomic mass is 32.2. The highest BCUT2D eigenvalue weighted by molar-refractivity contribution is 7.98. The molecule has 1 N–H and O–H groups in total. The van der Waals surface area contributed by atoms with Gasteiger partial charge in [-0.2, -0.15) is 0 Å². The molecule has 1 aliphatic rings. The SMILES string of the molecule is CSc1ncccc1C(=O)NC[C@@H]1Cc2cc(F)cc(-c3cnccn3)c2O1. The lowest BCUT2D eigenvalue weighted by Crippen LogP contribution is -2.34. The molecule has 6 nitrogen and oxygen atoms in total. The summed E-state index contributed by atoms with van der Waals surface area (Å²) in [4.78, 5) is 25.0. The van der Waals surface area contributed by atoms with E-state index in [1.807, 2.05) is 6.26 Å². The van der Waals surface area contributed by atoms with Crippen molar-refractivity contribution in [3.63, 3.8) is 0 Å². The predicted octanol–water partition coefficient (Wildman–Crippen LogP) is 3.13. The largest absolute Gasteiger partial charge is 0.487 e. The first-order valence-electron chi connectivity index (χ1n) is 8.68. The van der Waals surface area contributed by atoms with Crippen molar-refractivity contribution in [2.75, 3.05) is 12.8 Å². The third-order valence-corrected chi connectivity index (χ3v) is 5.11. The first-order valence-corrected chi connectivity index (χ1v) is 9.91. The fourth-order valence-corrected chi connectivity index (χ4v) is 3.71. The summed E-state index contributed by atoms with van der Waals surface area (Å²) in [6.45, 7) is 0.303. The van der Waals surface area contributed by atoms with E-state index in [9.17, 15) is 9.18 Å². The molecule has 0 unspecified atom stereocenters. The minimum Gasteiger partial charge on any atom is -0.487 e. The molecule has 1 amide bonds. The van der Waals surface area contributed by atoms with Gasteiger partial charge in [0.1, 0.15) is 22.7 Å². The number of aromatic nitrogens is 3. The lowest BCUT2D eigenvalue weighted by Gasteiger charge is -2.14. The quantitative estimate of drug-likeness (QED) is 0.668. The number of carbonyl (C=O) groups excluding carboxylic acids is 1. The van der Waals surface area contributed by atoms with Gasteiger partial charge in [-0.15, -0.1) is 11.8 Å². The summed E-state index contributed by atoms with van der Waals surface area (Å²) in [5.74, 6) is 0.0253. The van der Waals surface area contributed by atoms with Crippen molar-refractivity contribution in [1.29, 1.82) is 0 Å². The van der Waals surface area contributed by atoms with E-state index in [0.717, 1.165) is 5.56 Å². The molecule has 0 radical (unpaired) electrons. The first-order chi connectivity index (χ1) is 13.7. The van der Waals surface area contributed by atoms with Crippen LogP contribution in [0.5, 0.6) is 5.75 Å². The number of benzene rings is 1. The van der Waals surface area contributed by atoms with E-state index in [1.54, 1.807) is 36.9 Å². The van der Waals surface area contributed by atoms with Gasteiger partial charge >= 0.3 is 0 Å². The summed E-state index contributed by atoms with van der Waals surface area (Å²) in [5, 5.41) is 3.55. The molecule has 0 spiro atoms. The number of hydrogen-bond acceptors (Lipinski definition) is 6. The summed E-state index contributed by atoms with van der Waals surface area (Å²) < 4.78 is 20.1. The lowest BCUT2D eigenvalue weighted by molar-refractivity contribution is 0.0930. The number of amides is 1. The van der Waals surface area contributed by atoms with Crippen LogP contribution >= 0.6 is 11.8 Å². The summed E-state index contributed by atoms with van der Waals surface area (Å²) in [7, 11) is 0. The van der Waals surface area contributed by atoms with Crippen molar-refractivity contribution in [3.05, 3.63) is 66.0 Å². The third-order valence-electron chi connectivity index (χ3n) is 4.40. The van der Waals surface area contributed by atoms with Crippen LogP contribution in [0.1, 0.15) is 15.9 Å². The second kappa shape index (κ2) is 7.93. The van der Waals surface area contributed by atoms with Gasteiger partial charge in [-0.3, -0.25) is 14.8 Å². The number of pyridine rings is 1. The van der Waals surface area contributed by atoms with Gasteiger partial charge in [0.2, 0.25) is 0 Å². The number of hydrogen-bond donors (Lipinski definition) is 1. The van der Waals surface area contributed by atoms with Gasteiger partial charge < -0.3 is 10.1 Å². The molecule has 8 heteroatoms. The van der Waals surface area contributed by atoms with Gasteiger partial charge in [-0.25, -0.2) is 9.37 Å². The fourth-order valence-electron chi connectivity index (χ4n) is 3.16. The fraction of sp³-hybridized carbons (Fsp3) is 0.200. The van der Waals surface area contributed by atoms with E-state index in [2.05, 4.69) is 20.3 Å². The molecule has 0 aliphatic carbocycles. The molecule has 0 saturated heterocycles. The molecule has 0 saturated carbocycles. The molecule has 2 aromatic heterocycles. The molecule has 0 fully saturated rings. The van der Waals surface area contributed by atoms with Crippen LogP contribution in [0.15, 0.2) is 54.1 Å². The highest BCUT2D eigenvalue weighted by Crippen LogP contribution is 2.38. The Kier molecular flexibility index (Phi) is 5.21. The van der Waals surface area contributed by atoms with E-state index < -0.39 is 0 Å². The third kappa shape index (κ3) is 3.68. The van der Waals surface area contributed by atoms with Crippen molar-refractivity contribution >= 4 is 17.7 Å². The molecular formula is C20H17FN4O2S. The number of halogens is 1. The van der Waals surface area contributed by atoms with Crippen LogP contribution in [0.2, 0.25) is 0 Å². The average Bonchev–Trinajstić information content (AvgIpc) is 3.14. The van der Waals surface area contributed by atoms with Crippen LogP contribution < -0.4 is 10.1 Å². The summed E-state index contributed by atoms with van der Waals surface area (Å²) in [6.07, 6.45) is 8.43. The van der Waals surface area contributed by atoms with E-state index in [-0.39, 0.29) is 17.8 Å². The predicted molar refractivity (Wildman–Crippen MR) is 104 cm³/mol. The van der Waals surface area contributed by atoms with Crippen LogP contribution in [0.25, 0.3) is 11.3 Å². The zero-order valence-corrected chi connectivity index (χ0v) is 15.9. The van der Waals surface area contributed by atoms with E-state index >= 15 is 0 Å². The second-order valence-corrected chi connectivity index (χ2v) is 7.04. The Hall–Kier alpha value is -3.00. The summed E-state index contributed by atoms with van der Waals surface area (Å²) in [6, 6.07) is 6.32. The Morgan fingerprint density at radius 2 is 2.21 bits per heavy atom. The van der Waals surface area contributed by atoms with Gasteiger partial charge in [-0.1, -0.05) is 0 Å². The lowest BCUT2D eigenvalue weighted by atomic mass is 10.0. The maximum atomic E-state index is 14.1. The van der Waals surface area contributed by atoms with E-state index in [1.165, 1.54) is 23.9 Å². The van der Waals surface area contributed by atoms with Crippen LogP contribution in [0, 0.1) is 5.82 Å². The molecule has 28 heavy (non-hydrogen) atoms. The first kappa shape index (κ1) is 18.4. The smallest absolute Gasteiger partial charge is 0.254 e. The minimum absolute atomic E-state index is 0.211. The zero-order chi connectivity index (χ0) is 19.5. The van der Waals surface area contributed by atoms with Crippen molar-refractivity contribution in [3.8, 4) is 17.0 Å². The van der Waals surface area contributed by atoms with E-state index in [0.29, 0.717) is 40.6 Å². The van der Waals surface area contributed by atoms with Gasteiger partial charge in [0, 0.05) is 36.1 Å². The van der Waals surface area contributed by atoms with Crippen molar-refractivity contribution in [1.82, 2.24) is 20.3 Å². The Balaban J connectivity index is 1.49. The van der Waals surface area contributed by atoms with Crippen molar-refractivity contribution in [2.24, 2.45) is 0 Å². The second-order valence-electron chi connectivity index (χ2n) is 6.25. The Labute approximate surface area is 165 Å². The molecule has 1 aliphatic heterocycles. The summed E-state index contributed by atoms with van der Waals surface area (Å²) in [5.41, 5.74) is 2.39. The van der Waals surface area contributed by atoms with Crippen LogP contribution in [0.4, 0.5) is 4.39 Å². The molecule has 3 heterocycles. The number of rotatable bonds is 5. The Morgan fingerprint density at radius 1 is 1.32 bits per heavy atom. The molecule has 3 aromatic rings. The van der Waals surface area contributed by atoms with Gasteiger partial charge in [0.25, 0.3) is 5.91 Å². The molecular weight excluding hydrogens is 379 g/mol. The monoisotopic (exact) mass is 396 g/mol. The number of ether oxygens (including phenoxy) is 1. The van der Waals surface area contributed by atoms with Crippen LogP contribution in [-0.2, 0) is 6.42 Å². The van der Waals surface area contributed by atoms with Gasteiger partial charge in [-0.05, 0) is 30.5 Å². The van der Waals surface area contributed by atoms with Gasteiger partial charge in [0.15, 0.2) is 0 Å². The number of fused-ring (bicyclic) bond motifs is 1. The Morgan fingerprint density at radius 3 is 3.00 bits per heavy atom. The molecule has 142 valence electrons. The molecule has 1 atom stereocenters. The number of thioether (sulfide) groups is 1. The van der Waals surface area contributed by atoms with Gasteiger partial charge in [0.05, 0.1) is 24.0 Å². The van der Waals surface area contributed by atoms with Crippen LogP contribution in [-0.4, -0.2) is 39.8 Å². The topological polar surface area (TPSA) is 77.0 Å². The van der Waals surface area contributed by atoms with E-state index in [4.69, 9.17) is 4.74 Å². The zero-order valence-electron chi connectivity index (χ0n) is 15.1. The standard InChI is InChI=1S/C20H17FN4O2S/c1-28-20-15(3-2-4-24-20)19(26)25-10-14-8-12-7-13(21)9-16(18(12)27-14)17-11-22-5-6-23-17/h2-7,9,11,14H,8,10H2,1H3,(H,25,26)/t14-/m0/s1. The molecule has 4 rings (SSSR count). The molecule has 0 bridgehead atoms. The maximum Gasteiger partial charge on any atom is 0.254 e. The maximum absolute atomic E-state index is 14.1. The minimum atomic E-state index is -0.354.